The number of anilines is 1. The average Bonchev–Trinajstić information content (AvgIpc) is 2.58. The molecule has 0 aliphatic heterocycles. The van der Waals surface area contributed by atoms with Gasteiger partial charge in [0.1, 0.15) is 0 Å². The first-order chi connectivity index (χ1) is 12.1. The van der Waals surface area contributed by atoms with E-state index < -0.39 is 15.9 Å². The maximum atomic E-state index is 12.7. The van der Waals surface area contributed by atoms with Gasteiger partial charge in [-0.3, -0.25) is 4.79 Å². The molecule has 7 heteroatoms. The zero-order chi connectivity index (χ0) is 19.6. The number of hydrogen-bond acceptors (Lipinski definition) is 3. The Bertz CT molecular complexity index is 940. The highest BCUT2D eigenvalue weighted by Crippen LogP contribution is 2.25. The third-order valence-electron chi connectivity index (χ3n) is 4.44. The molecular formula is C19H23ClN2O3S. The quantitative estimate of drug-likeness (QED) is 0.824. The lowest BCUT2D eigenvalue weighted by molar-refractivity contribution is 0.102. The van der Waals surface area contributed by atoms with E-state index in [2.05, 4.69) is 5.32 Å². The Hall–Kier alpha value is -1.89. The summed E-state index contributed by atoms with van der Waals surface area (Å²) in [7, 11) is -2.20. The molecule has 0 aromatic heterocycles. The second-order valence-electron chi connectivity index (χ2n) is 6.46. The topological polar surface area (TPSA) is 66.5 Å². The average molecular weight is 395 g/mol. The molecule has 1 N–H and O–H groups in total. The molecule has 5 nitrogen and oxygen atoms in total. The van der Waals surface area contributed by atoms with E-state index in [0.717, 1.165) is 11.1 Å². The van der Waals surface area contributed by atoms with Crippen LogP contribution in [-0.4, -0.2) is 31.7 Å². The highest BCUT2D eigenvalue weighted by molar-refractivity contribution is 7.89. The lowest BCUT2D eigenvalue weighted by Gasteiger charge is -2.21. The van der Waals surface area contributed by atoms with Crippen LogP contribution in [0.3, 0.4) is 0 Å². The van der Waals surface area contributed by atoms with E-state index >= 15 is 0 Å². The summed E-state index contributed by atoms with van der Waals surface area (Å²) in [6.07, 6.45) is 0. The molecular weight excluding hydrogens is 372 g/mol. The summed E-state index contributed by atoms with van der Waals surface area (Å²) in [5.41, 5.74) is 2.77. The van der Waals surface area contributed by atoms with Crippen molar-refractivity contribution >= 4 is 33.2 Å². The van der Waals surface area contributed by atoms with Gasteiger partial charge in [0.05, 0.1) is 15.5 Å². The summed E-state index contributed by atoms with van der Waals surface area (Å²) in [6.45, 7) is 7.42. The highest BCUT2D eigenvalue weighted by Gasteiger charge is 2.25. The number of nitrogens with one attached hydrogen (secondary N) is 1. The maximum Gasteiger partial charge on any atom is 0.257 e. The van der Waals surface area contributed by atoms with Crippen molar-refractivity contribution in [3.63, 3.8) is 0 Å². The van der Waals surface area contributed by atoms with Gasteiger partial charge in [-0.2, -0.15) is 4.31 Å². The van der Waals surface area contributed by atoms with Gasteiger partial charge in [0.2, 0.25) is 10.0 Å². The van der Waals surface area contributed by atoms with E-state index in [4.69, 9.17) is 11.6 Å². The molecule has 2 rings (SSSR count). The third-order valence-corrected chi connectivity index (χ3v) is 6.80. The molecule has 0 spiro atoms. The molecule has 0 radical (unpaired) electrons. The SMILES string of the molecule is Cc1cccc(NC(=O)c2cc(S(=O)(=O)N(C)C(C)C)ccc2Cl)c1C. The number of carbonyl (C=O) groups excluding carboxylic acids is 1. The van der Waals surface area contributed by atoms with Crippen molar-refractivity contribution in [3.05, 3.63) is 58.1 Å². The summed E-state index contributed by atoms with van der Waals surface area (Å²) in [5, 5.41) is 3.00. The normalized spacial score (nSPS) is 11.8. The van der Waals surface area contributed by atoms with Crippen molar-refractivity contribution in [2.75, 3.05) is 12.4 Å². The molecule has 1 amide bonds. The molecule has 2 aromatic carbocycles. The predicted octanol–water partition coefficient (Wildman–Crippen LogP) is 4.24. The zero-order valence-corrected chi connectivity index (χ0v) is 17.1. The van der Waals surface area contributed by atoms with Crippen molar-refractivity contribution in [3.8, 4) is 0 Å². The molecule has 2 aromatic rings. The number of amides is 1. The first-order valence-corrected chi connectivity index (χ1v) is 10.0. The van der Waals surface area contributed by atoms with E-state index in [1.165, 1.54) is 29.6 Å². The molecule has 0 aliphatic carbocycles. The van der Waals surface area contributed by atoms with Crippen LogP contribution in [0.5, 0.6) is 0 Å². The highest BCUT2D eigenvalue weighted by atomic mass is 35.5. The second kappa shape index (κ2) is 7.78. The van der Waals surface area contributed by atoms with Crippen LogP contribution in [0.1, 0.15) is 35.3 Å². The molecule has 0 fully saturated rings. The van der Waals surface area contributed by atoms with E-state index in [9.17, 15) is 13.2 Å². The van der Waals surface area contributed by atoms with Crippen molar-refractivity contribution in [1.82, 2.24) is 4.31 Å². The number of carbonyl (C=O) groups is 1. The van der Waals surface area contributed by atoms with Crippen molar-refractivity contribution in [1.29, 1.82) is 0 Å². The minimum atomic E-state index is -3.70. The smallest absolute Gasteiger partial charge is 0.257 e. The lowest BCUT2D eigenvalue weighted by Crippen LogP contribution is -2.33. The monoisotopic (exact) mass is 394 g/mol. The van der Waals surface area contributed by atoms with Crippen molar-refractivity contribution in [2.45, 2.75) is 38.6 Å². The molecule has 0 saturated carbocycles. The minimum absolute atomic E-state index is 0.0317. The number of halogens is 1. The zero-order valence-electron chi connectivity index (χ0n) is 15.5. The fraction of sp³-hybridized carbons (Fsp3) is 0.316. The first-order valence-electron chi connectivity index (χ1n) is 8.21. The summed E-state index contributed by atoms with van der Waals surface area (Å²) >= 11 is 6.15. The number of hydrogen-bond donors (Lipinski definition) is 1. The fourth-order valence-corrected chi connectivity index (χ4v) is 3.96. The molecule has 0 aliphatic rings. The predicted molar refractivity (Wildman–Crippen MR) is 105 cm³/mol. The summed E-state index contributed by atoms with van der Waals surface area (Å²) in [6, 6.07) is 9.54. The molecule has 0 saturated heterocycles. The van der Waals surface area contributed by atoms with Crippen LogP contribution in [0.2, 0.25) is 5.02 Å². The molecule has 26 heavy (non-hydrogen) atoms. The van der Waals surface area contributed by atoms with Crippen molar-refractivity contribution < 1.29 is 13.2 Å². The van der Waals surface area contributed by atoms with E-state index in [0.29, 0.717) is 5.69 Å². The summed E-state index contributed by atoms with van der Waals surface area (Å²) in [4.78, 5) is 12.7. The van der Waals surface area contributed by atoms with Crippen LogP contribution in [-0.2, 0) is 10.0 Å². The number of sulfonamides is 1. The van der Waals surface area contributed by atoms with Crippen LogP contribution in [0, 0.1) is 13.8 Å². The molecule has 0 heterocycles. The number of benzene rings is 2. The Labute approximate surface area is 160 Å². The molecule has 140 valence electrons. The van der Waals surface area contributed by atoms with Crippen molar-refractivity contribution in [2.24, 2.45) is 0 Å². The van der Waals surface area contributed by atoms with Gasteiger partial charge in [0.15, 0.2) is 0 Å². The van der Waals surface area contributed by atoms with Crippen LogP contribution in [0.15, 0.2) is 41.3 Å². The standard InChI is InChI=1S/C19H23ClN2O3S/c1-12(2)22(5)26(24,25)15-9-10-17(20)16(11-15)19(23)21-18-8-6-7-13(3)14(18)4/h6-12H,1-5H3,(H,21,23). The molecule has 0 unspecified atom stereocenters. The van der Waals surface area contributed by atoms with E-state index in [1.54, 1.807) is 19.9 Å². The second-order valence-corrected chi connectivity index (χ2v) is 8.86. The van der Waals surface area contributed by atoms with Crippen LogP contribution in [0.25, 0.3) is 0 Å². The minimum Gasteiger partial charge on any atom is -0.322 e. The Balaban J connectivity index is 2.41. The van der Waals surface area contributed by atoms with Gasteiger partial charge >= 0.3 is 0 Å². The summed E-state index contributed by atoms with van der Waals surface area (Å²) < 4.78 is 26.6. The Morgan fingerprint density at radius 1 is 1.15 bits per heavy atom. The van der Waals surface area contributed by atoms with Crippen LogP contribution >= 0.6 is 11.6 Å². The van der Waals surface area contributed by atoms with Gasteiger partial charge in [0, 0.05) is 18.8 Å². The maximum absolute atomic E-state index is 12.7. The van der Waals surface area contributed by atoms with Gasteiger partial charge in [-0.05, 0) is 63.1 Å². The lowest BCUT2D eigenvalue weighted by atomic mass is 10.1. The van der Waals surface area contributed by atoms with E-state index in [-0.39, 0.29) is 21.5 Å². The third kappa shape index (κ3) is 4.09. The Morgan fingerprint density at radius 2 is 1.81 bits per heavy atom. The summed E-state index contributed by atoms with van der Waals surface area (Å²) in [5.74, 6) is -0.451. The molecule has 0 bridgehead atoms. The van der Waals surface area contributed by atoms with Gasteiger partial charge in [-0.15, -0.1) is 0 Å². The first kappa shape index (κ1) is 20.4. The molecule has 0 atom stereocenters. The van der Waals surface area contributed by atoms with Gasteiger partial charge in [0.25, 0.3) is 5.91 Å². The van der Waals surface area contributed by atoms with Gasteiger partial charge in [-0.1, -0.05) is 23.7 Å². The number of rotatable bonds is 5. The number of nitrogens with zero attached hydrogens (tertiary/aromatic N) is 1. The van der Waals surface area contributed by atoms with Crippen LogP contribution < -0.4 is 5.32 Å². The largest absolute Gasteiger partial charge is 0.322 e. The van der Waals surface area contributed by atoms with Gasteiger partial charge < -0.3 is 5.32 Å². The van der Waals surface area contributed by atoms with Gasteiger partial charge in [-0.25, -0.2) is 8.42 Å². The van der Waals surface area contributed by atoms with E-state index in [1.807, 2.05) is 26.0 Å². The number of aryl methyl sites for hydroxylation is 1. The Kier molecular flexibility index (Phi) is 6.11. The van der Waals surface area contributed by atoms with Crippen LogP contribution in [0.4, 0.5) is 5.69 Å². The Morgan fingerprint density at radius 3 is 2.42 bits per heavy atom. The fourth-order valence-electron chi connectivity index (χ4n) is 2.36.